The third kappa shape index (κ3) is 3.23. The van der Waals surface area contributed by atoms with Crippen LogP contribution < -0.4 is 4.74 Å². The Morgan fingerprint density at radius 1 is 1.47 bits per heavy atom. The SMILES string of the molecule is COC(=O)[C@@H](C)Oc1ccc(C)cc1Br. The molecule has 0 spiro atoms. The minimum Gasteiger partial charge on any atom is -0.478 e. The van der Waals surface area contributed by atoms with Gasteiger partial charge in [0.2, 0.25) is 0 Å². The number of carbonyl (C=O) groups excluding carboxylic acids is 1. The monoisotopic (exact) mass is 272 g/mol. The number of carbonyl (C=O) groups is 1. The Kier molecular flexibility index (Phi) is 4.15. The molecule has 4 heteroatoms. The number of halogens is 1. The molecule has 3 nitrogen and oxygen atoms in total. The van der Waals surface area contributed by atoms with Gasteiger partial charge in [-0.2, -0.15) is 0 Å². The lowest BCUT2D eigenvalue weighted by Crippen LogP contribution is -2.25. The van der Waals surface area contributed by atoms with Crippen LogP contribution in [0, 0.1) is 6.92 Å². The van der Waals surface area contributed by atoms with E-state index in [0.29, 0.717) is 5.75 Å². The van der Waals surface area contributed by atoms with Crippen LogP contribution in [-0.2, 0) is 9.53 Å². The van der Waals surface area contributed by atoms with Crippen molar-refractivity contribution in [2.75, 3.05) is 7.11 Å². The zero-order valence-corrected chi connectivity index (χ0v) is 10.5. The van der Waals surface area contributed by atoms with Gasteiger partial charge in [0.1, 0.15) is 5.75 Å². The Labute approximate surface area is 97.5 Å². The van der Waals surface area contributed by atoms with Crippen molar-refractivity contribution in [1.82, 2.24) is 0 Å². The lowest BCUT2D eigenvalue weighted by atomic mass is 10.2. The molecule has 0 aliphatic heterocycles. The molecule has 1 atom stereocenters. The molecular weight excluding hydrogens is 260 g/mol. The van der Waals surface area contributed by atoms with Crippen molar-refractivity contribution in [3.63, 3.8) is 0 Å². The average molecular weight is 273 g/mol. The standard InChI is InChI=1S/C11H13BrO3/c1-7-4-5-10(9(12)6-7)15-8(2)11(13)14-3/h4-6,8H,1-3H3/t8-/m1/s1. The molecule has 0 bridgehead atoms. The zero-order chi connectivity index (χ0) is 11.4. The molecule has 0 aliphatic carbocycles. The van der Waals surface area contributed by atoms with Crippen molar-refractivity contribution in [1.29, 1.82) is 0 Å². The molecule has 0 unspecified atom stereocenters. The Balaban J connectivity index is 2.76. The van der Waals surface area contributed by atoms with E-state index in [1.54, 1.807) is 6.92 Å². The molecule has 0 radical (unpaired) electrons. The number of benzene rings is 1. The molecule has 1 aromatic carbocycles. The summed E-state index contributed by atoms with van der Waals surface area (Å²) in [5.74, 6) is 0.251. The number of aryl methyl sites for hydroxylation is 1. The highest BCUT2D eigenvalue weighted by molar-refractivity contribution is 9.10. The second-order valence-corrected chi connectivity index (χ2v) is 4.07. The number of ether oxygens (including phenoxy) is 2. The first-order valence-corrected chi connectivity index (χ1v) is 5.34. The van der Waals surface area contributed by atoms with Crippen LogP contribution >= 0.6 is 15.9 Å². The number of hydrogen-bond donors (Lipinski definition) is 0. The predicted molar refractivity (Wildman–Crippen MR) is 61.0 cm³/mol. The van der Waals surface area contributed by atoms with E-state index >= 15 is 0 Å². The highest BCUT2D eigenvalue weighted by atomic mass is 79.9. The van der Waals surface area contributed by atoms with E-state index in [-0.39, 0.29) is 5.97 Å². The summed E-state index contributed by atoms with van der Waals surface area (Å²) >= 11 is 3.37. The molecule has 0 fully saturated rings. The molecule has 0 saturated heterocycles. The van der Waals surface area contributed by atoms with E-state index < -0.39 is 6.10 Å². The summed E-state index contributed by atoms with van der Waals surface area (Å²) in [6, 6.07) is 5.67. The summed E-state index contributed by atoms with van der Waals surface area (Å²) in [6.45, 7) is 3.64. The number of rotatable bonds is 3. The summed E-state index contributed by atoms with van der Waals surface area (Å²) in [5, 5.41) is 0. The molecule has 1 rings (SSSR count). The van der Waals surface area contributed by atoms with Gasteiger partial charge < -0.3 is 9.47 Å². The Morgan fingerprint density at radius 3 is 2.67 bits per heavy atom. The van der Waals surface area contributed by atoms with Gasteiger partial charge in [-0.3, -0.25) is 0 Å². The molecular formula is C11H13BrO3. The van der Waals surface area contributed by atoms with Gasteiger partial charge in [-0.25, -0.2) is 4.79 Å². The van der Waals surface area contributed by atoms with Crippen molar-refractivity contribution < 1.29 is 14.3 Å². The van der Waals surface area contributed by atoms with E-state index in [9.17, 15) is 4.79 Å². The molecule has 0 N–H and O–H groups in total. The Hall–Kier alpha value is -1.03. The summed E-state index contributed by atoms with van der Waals surface area (Å²) < 4.78 is 10.8. The zero-order valence-electron chi connectivity index (χ0n) is 8.91. The van der Waals surface area contributed by atoms with Gasteiger partial charge in [0, 0.05) is 0 Å². The van der Waals surface area contributed by atoms with Gasteiger partial charge in [0.05, 0.1) is 11.6 Å². The van der Waals surface area contributed by atoms with Crippen LogP contribution in [0.2, 0.25) is 0 Å². The minimum atomic E-state index is -0.603. The molecule has 0 saturated carbocycles. The van der Waals surface area contributed by atoms with Crippen LogP contribution in [0.5, 0.6) is 5.75 Å². The number of esters is 1. The van der Waals surface area contributed by atoms with E-state index in [4.69, 9.17) is 4.74 Å². The van der Waals surface area contributed by atoms with E-state index in [1.165, 1.54) is 7.11 Å². The van der Waals surface area contributed by atoms with Crippen LogP contribution in [0.3, 0.4) is 0 Å². The fraction of sp³-hybridized carbons (Fsp3) is 0.364. The van der Waals surface area contributed by atoms with E-state index in [1.807, 2.05) is 25.1 Å². The summed E-state index contributed by atoms with van der Waals surface area (Å²) in [5.41, 5.74) is 1.12. The topological polar surface area (TPSA) is 35.5 Å². The van der Waals surface area contributed by atoms with Crippen LogP contribution in [-0.4, -0.2) is 19.2 Å². The highest BCUT2D eigenvalue weighted by Crippen LogP contribution is 2.26. The maximum Gasteiger partial charge on any atom is 0.346 e. The second-order valence-electron chi connectivity index (χ2n) is 3.22. The van der Waals surface area contributed by atoms with E-state index in [2.05, 4.69) is 20.7 Å². The number of hydrogen-bond acceptors (Lipinski definition) is 3. The third-order valence-electron chi connectivity index (χ3n) is 1.92. The van der Waals surface area contributed by atoms with Crippen LogP contribution in [0.15, 0.2) is 22.7 Å². The largest absolute Gasteiger partial charge is 0.478 e. The summed E-state index contributed by atoms with van der Waals surface area (Å²) in [6.07, 6.45) is -0.603. The summed E-state index contributed by atoms with van der Waals surface area (Å²) in [4.78, 5) is 11.1. The van der Waals surface area contributed by atoms with Gasteiger partial charge in [0.25, 0.3) is 0 Å². The first-order chi connectivity index (χ1) is 7.04. The molecule has 0 amide bonds. The normalized spacial score (nSPS) is 12.0. The number of methoxy groups -OCH3 is 1. The maximum atomic E-state index is 11.1. The first kappa shape index (κ1) is 12.0. The lowest BCUT2D eigenvalue weighted by Gasteiger charge is -2.13. The van der Waals surface area contributed by atoms with Gasteiger partial charge in [0.15, 0.2) is 6.10 Å². The maximum absolute atomic E-state index is 11.1. The van der Waals surface area contributed by atoms with Crippen LogP contribution in [0.4, 0.5) is 0 Å². The molecule has 0 aliphatic rings. The van der Waals surface area contributed by atoms with Crippen molar-refractivity contribution in [3.05, 3.63) is 28.2 Å². The quantitative estimate of drug-likeness (QED) is 0.794. The highest BCUT2D eigenvalue weighted by Gasteiger charge is 2.15. The molecule has 15 heavy (non-hydrogen) atoms. The fourth-order valence-electron chi connectivity index (χ4n) is 1.11. The molecule has 0 heterocycles. The Bertz CT molecular complexity index is 363. The lowest BCUT2D eigenvalue weighted by molar-refractivity contribution is -0.147. The van der Waals surface area contributed by atoms with Crippen LogP contribution in [0.1, 0.15) is 12.5 Å². The predicted octanol–water partition coefficient (Wildman–Crippen LogP) is 2.70. The van der Waals surface area contributed by atoms with Gasteiger partial charge in [-0.1, -0.05) is 6.07 Å². The van der Waals surface area contributed by atoms with Crippen molar-refractivity contribution in [2.45, 2.75) is 20.0 Å². The van der Waals surface area contributed by atoms with E-state index in [0.717, 1.165) is 10.0 Å². The fourth-order valence-corrected chi connectivity index (χ4v) is 1.69. The summed E-state index contributed by atoms with van der Waals surface area (Å²) in [7, 11) is 1.34. The van der Waals surface area contributed by atoms with Crippen LogP contribution in [0.25, 0.3) is 0 Å². The molecule has 1 aromatic rings. The van der Waals surface area contributed by atoms with Gasteiger partial charge in [-0.15, -0.1) is 0 Å². The van der Waals surface area contributed by atoms with Crippen molar-refractivity contribution in [2.24, 2.45) is 0 Å². The van der Waals surface area contributed by atoms with Crippen molar-refractivity contribution in [3.8, 4) is 5.75 Å². The van der Waals surface area contributed by atoms with Gasteiger partial charge >= 0.3 is 5.97 Å². The molecule has 0 aromatic heterocycles. The smallest absolute Gasteiger partial charge is 0.346 e. The minimum absolute atomic E-state index is 0.387. The van der Waals surface area contributed by atoms with Crippen molar-refractivity contribution >= 4 is 21.9 Å². The molecule has 82 valence electrons. The average Bonchev–Trinajstić information content (AvgIpc) is 2.20. The Morgan fingerprint density at radius 2 is 2.13 bits per heavy atom. The third-order valence-corrected chi connectivity index (χ3v) is 2.54. The van der Waals surface area contributed by atoms with Gasteiger partial charge in [-0.05, 0) is 47.5 Å². The first-order valence-electron chi connectivity index (χ1n) is 4.55. The second kappa shape index (κ2) is 5.16.